The van der Waals surface area contributed by atoms with Crippen molar-refractivity contribution in [2.24, 2.45) is 0 Å². The quantitative estimate of drug-likeness (QED) is 0.649. The first-order valence-electron chi connectivity index (χ1n) is 8.40. The van der Waals surface area contributed by atoms with Gasteiger partial charge >= 0.3 is 0 Å². The molecule has 0 aliphatic rings. The average Bonchev–Trinajstić information content (AvgIpc) is 2.69. The lowest BCUT2D eigenvalue weighted by atomic mass is 10.1. The van der Waals surface area contributed by atoms with Gasteiger partial charge in [-0.25, -0.2) is 9.97 Å². The third kappa shape index (κ3) is 5.43. The van der Waals surface area contributed by atoms with E-state index in [0.29, 0.717) is 29.5 Å². The molecule has 7 heteroatoms. The predicted molar refractivity (Wildman–Crippen MR) is 106 cm³/mol. The van der Waals surface area contributed by atoms with Crippen LogP contribution in [0, 0.1) is 0 Å². The van der Waals surface area contributed by atoms with E-state index < -0.39 is 0 Å². The highest BCUT2D eigenvalue weighted by atomic mass is 35.5. The van der Waals surface area contributed by atoms with E-state index in [4.69, 9.17) is 16.3 Å². The van der Waals surface area contributed by atoms with E-state index in [0.717, 1.165) is 17.0 Å². The Hall–Kier alpha value is -3.12. The van der Waals surface area contributed by atoms with Crippen LogP contribution in [0.5, 0.6) is 5.75 Å². The third-order valence-electron chi connectivity index (χ3n) is 3.85. The van der Waals surface area contributed by atoms with Gasteiger partial charge in [-0.3, -0.25) is 4.79 Å². The molecule has 0 unspecified atom stereocenters. The van der Waals surface area contributed by atoms with Gasteiger partial charge in [0.05, 0.1) is 7.11 Å². The molecule has 6 nitrogen and oxygen atoms in total. The molecule has 2 aromatic carbocycles. The maximum atomic E-state index is 12.3. The number of aromatic nitrogens is 2. The second kappa shape index (κ2) is 9.00. The summed E-state index contributed by atoms with van der Waals surface area (Å²) in [5.74, 6) is 1.05. The number of amides is 1. The number of carbonyl (C=O) groups excluding carboxylic acids is 1. The summed E-state index contributed by atoms with van der Waals surface area (Å²) in [7, 11) is 1.62. The highest BCUT2D eigenvalue weighted by Gasteiger charge is 2.09. The number of nitrogens with one attached hydrogen (secondary N) is 2. The number of nitrogens with zero attached hydrogens (tertiary/aromatic N) is 2. The number of ether oxygens (including phenoxy) is 1. The smallest absolute Gasteiger partial charge is 0.270 e. The Morgan fingerprint density at radius 3 is 2.67 bits per heavy atom. The van der Waals surface area contributed by atoms with Crippen LogP contribution in [0.4, 0.5) is 11.5 Å². The molecule has 1 aromatic heterocycles. The molecule has 0 aliphatic carbocycles. The lowest BCUT2D eigenvalue weighted by Gasteiger charge is -2.08. The summed E-state index contributed by atoms with van der Waals surface area (Å²) in [6.45, 7) is 0.490. The lowest BCUT2D eigenvalue weighted by molar-refractivity contribution is 0.0949. The molecule has 2 N–H and O–H groups in total. The molecule has 0 aliphatic heterocycles. The SMILES string of the molecule is COc1ccc(Nc2cc(C(=O)NCCc3cccc(Cl)c3)ncn2)cc1. The molecule has 1 amide bonds. The Bertz CT molecular complexity index is 916. The summed E-state index contributed by atoms with van der Waals surface area (Å²) >= 11 is 5.96. The van der Waals surface area contributed by atoms with Crippen molar-refractivity contribution in [3.63, 3.8) is 0 Å². The van der Waals surface area contributed by atoms with Gasteiger partial charge in [-0.05, 0) is 48.4 Å². The zero-order valence-electron chi connectivity index (χ0n) is 14.8. The number of rotatable bonds is 7. The number of carbonyl (C=O) groups is 1. The van der Waals surface area contributed by atoms with Crippen LogP contribution in [0.1, 0.15) is 16.1 Å². The molecule has 138 valence electrons. The Kier molecular flexibility index (Phi) is 6.22. The van der Waals surface area contributed by atoms with E-state index in [2.05, 4.69) is 20.6 Å². The minimum atomic E-state index is -0.253. The first kappa shape index (κ1) is 18.7. The zero-order chi connectivity index (χ0) is 19.1. The Morgan fingerprint density at radius 1 is 1.11 bits per heavy atom. The van der Waals surface area contributed by atoms with Crippen molar-refractivity contribution in [1.82, 2.24) is 15.3 Å². The molecule has 0 atom stereocenters. The van der Waals surface area contributed by atoms with Gasteiger partial charge in [0.15, 0.2) is 0 Å². The average molecular weight is 383 g/mol. The standard InChI is InChI=1S/C20H19ClN4O2/c1-27-17-7-5-16(6-8-17)25-19-12-18(23-13-24-19)20(26)22-10-9-14-3-2-4-15(21)11-14/h2-8,11-13H,9-10H2,1H3,(H,22,26)(H,23,24,25). The van der Waals surface area contributed by atoms with Crippen LogP contribution >= 0.6 is 11.6 Å². The topological polar surface area (TPSA) is 76.1 Å². The van der Waals surface area contributed by atoms with Gasteiger partial charge in [-0.15, -0.1) is 0 Å². The number of hydrogen-bond donors (Lipinski definition) is 2. The highest BCUT2D eigenvalue weighted by Crippen LogP contribution is 2.18. The first-order valence-corrected chi connectivity index (χ1v) is 8.77. The van der Waals surface area contributed by atoms with Crippen molar-refractivity contribution >= 4 is 29.0 Å². The normalized spacial score (nSPS) is 10.3. The van der Waals surface area contributed by atoms with Crippen LogP contribution in [-0.4, -0.2) is 29.5 Å². The second-order valence-corrected chi connectivity index (χ2v) is 6.21. The van der Waals surface area contributed by atoms with Gasteiger partial charge in [0, 0.05) is 23.3 Å². The summed E-state index contributed by atoms with van der Waals surface area (Å²) in [5.41, 5.74) is 2.20. The molecule has 0 spiro atoms. The van der Waals surface area contributed by atoms with Gasteiger partial charge in [0.2, 0.25) is 0 Å². The van der Waals surface area contributed by atoms with Gasteiger partial charge in [-0.2, -0.15) is 0 Å². The molecule has 3 aromatic rings. The highest BCUT2D eigenvalue weighted by molar-refractivity contribution is 6.30. The summed E-state index contributed by atoms with van der Waals surface area (Å²) in [4.78, 5) is 20.5. The van der Waals surface area contributed by atoms with Crippen molar-refractivity contribution in [1.29, 1.82) is 0 Å². The summed E-state index contributed by atoms with van der Waals surface area (Å²) in [6, 6.07) is 16.6. The van der Waals surface area contributed by atoms with E-state index in [1.54, 1.807) is 13.2 Å². The van der Waals surface area contributed by atoms with Crippen LogP contribution in [0.15, 0.2) is 60.9 Å². The molecule has 0 saturated heterocycles. The van der Waals surface area contributed by atoms with E-state index in [-0.39, 0.29) is 5.91 Å². The summed E-state index contributed by atoms with van der Waals surface area (Å²) < 4.78 is 5.13. The second-order valence-electron chi connectivity index (χ2n) is 5.78. The Balaban J connectivity index is 1.57. The third-order valence-corrected chi connectivity index (χ3v) is 4.09. The predicted octanol–water partition coefficient (Wildman–Crippen LogP) is 3.85. The van der Waals surface area contributed by atoms with Crippen molar-refractivity contribution < 1.29 is 9.53 Å². The van der Waals surface area contributed by atoms with Crippen LogP contribution in [0.25, 0.3) is 0 Å². The zero-order valence-corrected chi connectivity index (χ0v) is 15.5. The van der Waals surface area contributed by atoms with Crippen LogP contribution in [0.2, 0.25) is 5.02 Å². The fourth-order valence-corrected chi connectivity index (χ4v) is 2.69. The molecule has 27 heavy (non-hydrogen) atoms. The van der Waals surface area contributed by atoms with Gasteiger partial charge in [0.25, 0.3) is 5.91 Å². The molecular formula is C20H19ClN4O2. The monoisotopic (exact) mass is 382 g/mol. The molecule has 3 rings (SSSR count). The van der Waals surface area contributed by atoms with E-state index in [9.17, 15) is 4.79 Å². The maximum Gasteiger partial charge on any atom is 0.270 e. The number of halogens is 1. The molecule has 0 bridgehead atoms. The van der Waals surface area contributed by atoms with Crippen LogP contribution < -0.4 is 15.4 Å². The summed E-state index contributed by atoms with van der Waals surface area (Å²) in [6.07, 6.45) is 2.05. The minimum absolute atomic E-state index is 0.253. The molecule has 0 radical (unpaired) electrons. The Morgan fingerprint density at radius 2 is 1.93 bits per heavy atom. The largest absolute Gasteiger partial charge is 0.497 e. The minimum Gasteiger partial charge on any atom is -0.497 e. The summed E-state index contributed by atoms with van der Waals surface area (Å²) in [5, 5.41) is 6.68. The molecule has 0 saturated carbocycles. The van der Waals surface area contributed by atoms with Gasteiger partial charge < -0.3 is 15.4 Å². The number of methoxy groups -OCH3 is 1. The number of hydrogen-bond acceptors (Lipinski definition) is 5. The fourth-order valence-electron chi connectivity index (χ4n) is 2.48. The van der Waals surface area contributed by atoms with Crippen molar-refractivity contribution in [3.05, 3.63) is 77.2 Å². The maximum absolute atomic E-state index is 12.3. The van der Waals surface area contributed by atoms with Crippen LogP contribution in [-0.2, 0) is 6.42 Å². The molecule has 1 heterocycles. The molecular weight excluding hydrogens is 364 g/mol. The van der Waals surface area contributed by atoms with Crippen LogP contribution in [0.3, 0.4) is 0 Å². The molecule has 0 fully saturated rings. The number of benzene rings is 2. The Labute approximate surface area is 162 Å². The van der Waals surface area contributed by atoms with Gasteiger partial charge in [0.1, 0.15) is 23.6 Å². The number of anilines is 2. The fraction of sp³-hybridized carbons (Fsp3) is 0.150. The van der Waals surface area contributed by atoms with E-state index >= 15 is 0 Å². The van der Waals surface area contributed by atoms with E-state index in [1.165, 1.54) is 6.33 Å². The van der Waals surface area contributed by atoms with Crippen molar-refractivity contribution in [3.8, 4) is 5.75 Å². The first-order chi connectivity index (χ1) is 13.1. The lowest BCUT2D eigenvalue weighted by Crippen LogP contribution is -2.26. The van der Waals surface area contributed by atoms with Crippen molar-refractivity contribution in [2.75, 3.05) is 19.0 Å². The van der Waals surface area contributed by atoms with Gasteiger partial charge in [-0.1, -0.05) is 23.7 Å². The van der Waals surface area contributed by atoms with E-state index in [1.807, 2.05) is 48.5 Å². The van der Waals surface area contributed by atoms with Crippen molar-refractivity contribution in [2.45, 2.75) is 6.42 Å².